The van der Waals surface area contributed by atoms with E-state index in [2.05, 4.69) is 5.32 Å². The van der Waals surface area contributed by atoms with Gasteiger partial charge in [-0.3, -0.25) is 4.79 Å². The van der Waals surface area contributed by atoms with Crippen LogP contribution in [0.1, 0.15) is 24.5 Å². The lowest BCUT2D eigenvalue weighted by molar-refractivity contribution is -0.137. The van der Waals surface area contributed by atoms with E-state index in [0.717, 1.165) is 30.7 Å². The third-order valence-corrected chi connectivity index (χ3v) is 3.31. The van der Waals surface area contributed by atoms with Gasteiger partial charge in [-0.15, -0.1) is 0 Å². The number of hydrogen-bond acceptors (Lipinski definition) is 2. The number of carbonyl (C=O) groups excluding carboxylic acids is 1. The summed E-state index contributed by atoms with van der Waals surface area (Å²) in [4.78, 5) is 13.5. The number of rotatable bonds is 4. The predicted octanol–water partition coefficient (Wildman–Crippen LogP) is 2.59. The molecule has 2 rings (SSSR count). The Labute approximate surface area is 115 Å². The monoisotopic (exact) mass is 286 g/mol. The maximum Gasteiger partial charge on any atom is 0.416 e. The minimum absolute atomic E-state index is 0.156. The van der Waals surface area contributed by atoms with Crippen LogP contribution in [-0.2, 0) is 17.4 Å². The summed E-state index contributed by atoms with van der Waals surface area (Å²) in [6.07, 6.45) is -2.87. The summed E-state index contributed by atoms with van der Waals surface area (Å²) in [7, 11) is 0. The number of halogens is 3. The maximum absolute atomic E-state index is 12.7. The normalized spacial score (nSPS) is 14.5. The smallest absolute Gasteiger partial charge is 0.311 e. The van der Waals surface area contributed by atoms with E-state index in [1.54, 1.807) is 0 Å². The second-order valence-corrected chi connectivity index (χ2v) is 4.81. The Kier molecular flexibility index (Phi) is 4.32. The van der Waals surface area contributed by atoms with E-state index >= 15 is 0 Å². The lowest BCUT2D eigenvalue weighted by Gasteiger charge is -2.19. The quantitative estimate of drug-likeness (QED) is 0.863. The van der Waals surface area contributed by atoms with Crippen molar-refractivity contribution in [3.63, 3.8) is 0 Å². The minimum Gasteiger partial charge on any atom is -0.311 e. The number of hydrogen-bond donors (Lipinski definition) is 1. The summed E-state index contributed by atoms with van der Waals surface area (Å²) in [5, 5.41) is 2.97. The van der Waals surface area contributed by atoms with E-state index in [4.69, 9.17) is 0 Å². The molecule has 0 unspecified atom stereocenters. The summed E-state index contributed by atoms with van der Waals surface area (Å²) in [6, 6.07) is 3.60. The molecule has 110 valence electrons. The Morgan fingerprint density at radius 1 is 1.40 bits per heavy atom. The van der Waals surface area contributed by atoms with Gasteiger partial charge in [0.25, 0.3) is 0 Å². The molecule has 1 heterocycles. The third kappa shape index (κ3) is 3.12. The standard InChI is InChI=1S/C14H17F3N2O/c1-2-6-18-9-13(20)19-7-5-10-3-4-11(8-12(10)19)14(15,16)17/h3-4,8,18H,2,5-7,9H2,1H3. The number of carbonyl (C=O) groups is 1. The molecule has 1 aliphatic heterocycles. The van der Waals surface area contributed by atoms with Gasteiger partial charge in [-0.1, -0.05) is 13.0 Å². The van der Waals surface area contributed by atoms with E-state index in [1.165, 1.54) is 11.0 Å². The van der Waals surface area contributed by atoms with Gasteiger partial charge in [0.15, 0.2) is 0 Å². The highest BCUT2D eigenvalue weighted by Crippen LogP contribution is 2.36. The van der Waals surface area contributed by atoms with Crippen molar-refractivity contribution in [1.29, 1.82) is 0 Å². The van der Waals surface area contributed by atoms with Crippen LogP contribution in [0.2, 0.25) is 0 Å². The van der Waals surface area contributed by atoms with E-state index < -0.39 is 11.7 Å². The third-order valence-electron chi connectivity index (χ3n) is 3.31. The van der Waals surface area contributed by atoms with Crippen LogP contribution in [0.25, 0.3) is 0 Å². The number of fused-ring (bicyclic) bond motifs is 1. The molecular formula is C14H17F3N2O. The zero-order chi connectivity index (χ0) is 14.8. The highest BCUT2D eigenvalue weighted by atomic mass is 19.4. The second-order valence-electron chi connectivity index (χ2n) is 4.81. The Balaban J connectivity index is 2.16. The Morgan fingerprint density at radius 2 is 2.15 bits per heavy atom. The van der Waals surface area contributed by atoms with Crippen molar-refractivity contribution >= 4 is 11.6 Å². The molecule has 0 aliphatic carbocycles. The first kappa shape index (κ1) is 14.8. The van der Waals surface area contributed by atoms with Crippen LogP contribution in [0.3, 0.4) is 0 Å². The predicted molar refractivity (Wildman–Crippen MR) is 70.7 cm³/mol. The van der Waals surface area contributed by atoms with Crippen molar-refractivity contribution in [2.45, 2.75) is 25.9 Å². The molecule has 0 saturated heterocycles. The second kappa shape index (κ2) is 5.83. The van der Waals surface area contributed by atoms with Gasteiger partial charge in [-0.2, -0.15) is 13.2 Å². The van der Waals surface area contributed by atoms with Crippen molar-refractivity contribution in [2.24, 2.45) is 0 Å². The fourth-order valence-corrected chi connectivity index (χ4v) is 2.28. The molecule has 1 N–H and O–H groups in total. The van der Waals surface area contributed by atoms with Crippen LogP contribution in [0.5, 0.6) is 0 Å². The molecule has 1 aliphatic rings. The summed E-state index contributed by atoms with van der Waals surface area (Å²) < 4.78 is 38.2. The van der Waals surface area contributed by atoms with Crippen molar-refractivity contribution in [3.8, 4) is 0 Å². The topological polar surface area (TPSA) is 32.3 Å². The van der Waals surface area contributed by atoms with Crippen LogP contribution in [-0.4, -0.2) is 25.5 Å². The van der Waals surface area contributed by atoms with Crippen LogP contribution in [0.4, 0.5) is 18.9 Å². The molecule has 0 radical (unpaired) electrons. The molecule has 0 aromatic heterocycles. The van der Waals surface area contributed by atoms with E-state index in [0.29, 0.717) is 18.7 Å². The number of alkyl halides is 3. The fraction of sp³-hybridized carbons (Fsp3) is 0.500. The molecule has 0 spiro atoms. The lowest BCUT2D eigenvalue weighted by Crippen LogP contribution is -2.37. The number of benzene rings is 1. The molecule has 0 saturated carbocycles. The number of nitrogens with one attached hydrogen (secondary N) is 1. The maximum atomic E-state index is 12.7. The average Bonchev–Trinajstić information content (AvgIpc) is 2.80. The average molecular weight is 286 g/mol. The first-order valence-electron chi connectivity index (χ1n) is 6.64. The zero-order valence-electron chi connectivity index (χ0n) is 11.3. The summed E-state index contributed by atoms with van der Waals surface area (Å²) in [5.41, 5.74) is 0.474. The Bertz CT molecular complexity index is 500. The van der Waals surface area contributed by atoms with Gasteiger partial charge in [0, 0.05) is 12.2 Å². The Morgan fingerprint density at radius 3 is 2.80 bits per heavy atom. The molecular weight excluding hydrogens is 269 g/mol. The minimum atomic E-state index is -4.38. The highest BCUT2D eigenvalue weighted by Gasteiger charge is 2.33. The zero-order valence-corrected chi connectivity index (χ0v) is 11.3. The van der Waals surface area contributed by atoms with Gasteiger partial charge >= 0.3 is 6.18 Å². The highest BCUT2D eigenvalue weighted by molar-refractivity contribution is 5.96. The number of anilines is 1. The first-order valence-corrected chi connectivity index (χ1v) is 6.64. The molecule has 0 bridgehead atoms. The summed E-state index contributed by atoms with van der Waals surface area (Å²) in [6.45, 7) is 3.31. The lowest BCUT2D eigenvalue weighted by atomic mass is 10.1. The van der Waals surface area contributed by atoms with Gasteiger partial charge in [-0.25, -0.2) is 0 Å². The van der Waals surface area contributed by atoms with E-state index in [-0.39, 0.29) is 12.5 Å². The van der Waals surface area contributed by atoms with Crippen LogP contribution in [0, 0.1) is 0 Å². The van der Waals surface area contributed by atoms with Gasteiger partial charge < -0.3 is 10.2 Å². The first-order chi connectivity index (χ1) is 9.43. The van der Waals surface area contributed by atoms with E-state index in [1.807, 2.05) is 6.92 Å². The fourth-order valence-electron chi connectivity index (χ4n) is 2.28. The van der Waals surface area contributed by atoms with Crippen molar-refractivity contribution in [3.05, 3.63) is 29.3 Å². The van der Waals surface area contributed by atoms with Gasteiger partial charge in [0.2, 0.25) is 5.91 Å². The van der Waals surface area contributed by atoms with Crippen LogP contribution in [0.15, 0.2) is 18.2 Å². The van der Waals surface area contributed by atoms with Gasteiger partial charge in [0.1, 0.15) is 0 Å². The molecule has 6 heteroatoms. The van der Waals surface area contributed by atoms with Crippen molar-refractivity contribution in [1.82, 2.24) is 5.32 Å². The van der Waals surface area contributed by atoms with Crippen LogP contribution >= 0.6 is 0 Å². The number of nitrogens with zero attached hydrogens (tertiary/aromatic N) is 1. The molecule has 0 fully saturated rings. The largest absolute Gasteiger partial charge is 0.416 e. The van der Waals surface area contributed by atoms with Crippen LogP contribution < -0.4 is 10.2 Å². The molecule has 1 amide bonds. The van der Waals surface area contributed by atoms with Gasteiger partial charge in [-0.05, 0) is 37.1 Å². The molecule has 1 aromatic rings. The molecule has 1 aromatic carbocycles. The molecule has 20 heavy (non-hydrogen) atoms. The Hall–Kier alpha value is -1.56. The number of amides is 1. The van der Waals surface area contributed by atoms with Gasteiger partial charge in [0.05, 0.1) is 12.1 Å². The van der Waals surface area contributed by atoms with Crippen molar-refractivity contribution in [2.75, 3.05) is 24.5 Å². The molecule has 0 atom stereocenters. The summed E-state index contributed by atoms with van der Waals surface area (Å²) >= 11 is 0. The van der Waals surface area contributed by atoms with E-state index in [9.17, 15) is 18.0 Å². The SMILES string of the molecule is CCCNCC(=O)N1CCc2ccc(C(F)(F)F)cc21. The summed E-state index contributed by atoms with van der Waals surface area (Å²) in [5.74, 6) is -0.184. The van der Waals surface area contributed by atoms with Crippen molar-refractivity contribution < 1.29 is 18.0 Å². The molecule has 3 nitrogen and oxygen atoms in total.